The molecule has 0 aliphatic carbocycles. The fourth-order valence-electron chi connectivity index (χ4n) is 2.51. The number of ketones is 1. The fraction of sp³-hybridized carbons (Fsp3) is 0.150. The predicted octanol–water partition coefficient (Wildman–Crippen LogP) is 4.84. The highest BCUT2D eigenvalue weighted by Gasteiger charge is 2.13. The van der Waals surface area contributed by atoms with Crippen LogP contribution in [0.25, 0.3) is 10.9 Å². The van der Waals surface area contributed by atoms with Crippen LogP contribution in [0.5, 0.6) is 0 Å². The van der Waals surface area contributed by atoms with Gasteiger partial charge in [0.1, 0.15) is 16.9 Å². The van der Waals surface area contributed by atoms with Crippen LogP contribution in [0.1, 0.15) is 27.0 Å². The van der Waals surface area contributed by atoms with Crippen molar-refractivity contribution in [2.24, 2.45) is 0 Å². The largest absolute Gasteiger partial charge is 0.293 e. The van der Waals surface area contributed by atoms with E-state index in [4.69, 9.17) is 0 Å². The molecule has 0 saturated carbocycles. The molecule has 0 saturated heterocycles. The van der Waals surface area contributed by atoms with Gasteiger partial charge in [0.15, 0.2) is 5.78 Å². The third-order valence-electron chi connectivity index (χ3n) is 4.10. The predicted molar refractivity (Wildman–Crippen MR) is 97.4 cm³/mol. The van der Waals surface area contributed by atoms with Gasteiger partial charge in [0, 0.05) is 10.9 Å². The number of thioether (sulfide) groups is 1. The van der Waals surface area contributed by atoms with E-state index in [-0.39, 0.29) is 17.4 Å². The molecule has 124 valence electrons. The molecule has 3 nitrogen and oxygen atoms in total. The summed E-state index contributed by atoms with van der Waals surface area (Å²) in [5.41, 5.74) is 3.93. The molecule has 1 aromatic heterocycles. The second kappa shape index (κ2) is 7.04. The highest BCUT2D eigenvalue weighted by Crippen LogP contribution is 2.28. The number of halogens is 1. The first-order valence-electron chi connectivity index (χ1n) is 7.72. The van der Waals surface area contributed by atoms with Crippen molar-refractivity contribution >= 4 is 28.4 Å². The summed E-state index contributed by atoms with van der Waals surface area (Å²) in [6.07, 6.45) is 0. The molecular formula is C20H15FN2OS. The summed E-state index contributed by atoms with van der Waals surface area (Å²) in [6.45, 7) is 4.01. The Labute approximate surface area is 149 Å². The quantitative estimate of drug-likeness (QED) is 0.499. The van der Waals surface area contributed by atoms with Crippen LogP contribution in [-0.4, -0.2) is 16.5 Å². The molecule has 3 rings (SSSR count). The number of rotatable bonds is 4. The van der Waals surface area contributed by atoms with Gasteiger partial charge in [-0.05, 0) is 55.3 Å². The Balaban J connectivity index is 1.90. The standard InChI is InChI=1S/C20H15FN2OS/c1-12-3-4-15-9-16(10-22)20(23-19(15)13(12)2)25-11-18(24)14-5-7-17(21)8-6-14/h3-9H,11H2,1-2H3. The van der Waals surface area contributed by atoms with Crippen molar-refractivity contribution in [3.8, 4) is 6.07 Å². The number of hydrogen-bond acceptors (Lipinski definition) is 4. The van der Waals surface area contributed by atoms with E-state index >= 15 is 0 Å². The topological polar surface area (TPSA) is 53.8 Å². The monoisotopic (exact) mass is 350 g/mol. The van der Waals surface area contributed by atoms with Crippen molar-refractivity contribution in [2.45, 2.75) is 18.9 Å². The van der Waals surface area contributed by atoms with Gasteiger partial charge >= 0.3 is 0 Å². The molecular weight excluding hydrogens is 335 g/mol. The summed E-state index contributed by atoms with van der Waals surface area (Å²) in [5, 5.41) is 10.8. The second-order valence-electron chi connectivity index (χ2n) is 5.75. The van der Waals surface area contributed by atoms with E-state index in [1.807, 2.05) is 26.0 Å². The number of carbonyl (C=O) groups excluding carboxylic acids is 1. The maximum absolute atomic E-state index is 13.0. The van der Waals surface area contributed by atoms with E-state index in [0.717, 1.165) is 22.0 Å². The Morgan fingerprint density at radius 3 is 2.60 bits per heavy atom. The smallest absolute Gasteiger partial charge is 0.173 e. The van der Waals surface area contributed by atoms with Gasteiger partial charge in [-0.3, -0.25) is 4.79 Å². The van der Waals surface area contributed by atoms with E-state index in [1.165, 1.54) is 36.0 Å². The average Bonchev–Trinajstić information content (AvgIpc) is 2.63. The number of hydrogen-bond donors (Lipinski definition) is 0. The number of carbonyl (C=O) groups is 1. The number of Topliss-reactive ketones (excluding diaryl/α,β-unsaturated/α-hetero) is 1. The molecule has 2 aromatic carbocycles. The summed E-state index contributed by atoms with van der Waals surface area (Å²) in [4.78, 5) is 16.9. The summed E-state index contributed by atoms with van der Waals surface area (Å²) in [7, 11) is 0. The molecule has 1 heterocycles. The van der Waals surface area contributed by atoms with Gasteiger partial charge in [0.25, 0.3) is 0 Å². The lowest BCUT2D eigenvalue weighted by Gasteiger charge is -2.09. The summed E-state index contributed by atoms with van der Waals surface area (Å²) < 4.78 is 13.0. The van der Waals surface area contributed by atoms with Crippen LogP contribution in [0.3, 0.4) is 0 Å². The number of benzene rings is 2. The van der Waals surface area contributed by atoms with Gasteiger partial charge in [0.2, 0.25) is 0 Å². The van der Waals surface area contributed by atoms with E-state index in [0.29, 0.717) is 16.2 Å². The first-order valence-corrected chi connectivity index (χ1v) is 8.71. The normalized spacial score (nSPS) is 10.6. The first-order chi connectivity index (χ1) is 12.0. The van der Waals surface area contributed by atoms with Crippen LogP contribution in [-0.2, 0) is 0 Å². The van der Waals surface area contributed by atoms with E-state index in [1.54, 1.807) is 6.07 Å². The van der Waals surface area contributed by atoms with Crippen LogP contribution >= 0.6 is 11.8 Å². The van der Waals surface area contributed by atoms with Gasteiger partial charge in [-0.1, -0.05) is 23.9 Å². The van der Waals surface area contributed by atoms with Gasteiger partial charge < -0.3 is 0 Å². The van der Waals surface area contributed by atoms with Crippen LogP contribution in [0, 0.1) is 31.0 Å². The fourth-order valence-corrected chi connectivity index (χ4v) is 3.36. The summed E-state index contributed by atoms with van der Waals surface area (Å²) in [6, 6.07) is 13.4. The Kier molecular flexibility index (Phi) is 4.82. The molecule has 0 spiro atoms. The lowest BCUT2D eigenvalue weighted by atomic mass is 10.0. The zero-order valence-electron chi connectivity index (χ0n) is 13.8. The number of pyridine rings is 1. The molecule has 25 heavy (non-hydrogen) atoms. The third kappa shape index (κ3) is 3.54. The molecule has 0 fully saturated rings. The molecule has 0 bridgehead atoms. The van der Waals surface area contributed by atoms with E-state index in [2.05, 4.69) is 11.1 Å². The van der Waals surface area contributed by atoms with Crippen molar-refractivity contribution < 1.29 is 9.18 Å². The number of fused-ring (bicyclic) bond motifs is 1. The van der Waals surface area contributed by atoms with E-state index < -0.39 is 0 Å². The molecule has 0 atom stereocenters. The number of nitriles is 1. The van der Waals surface area contributed by atoms with Gasteiger partial charge in [-0.15, -0.1) is 0 Å². The number of nitrogens with zero attached hydrogens (tertiary/aromatic N) is 2. The van der Waals surface area contributed by atoms with Gasteiger partial charge in [-0.25, -0.2) is 9.37 Å². The number of aromatic nitrogens is 1. The SMILES string of the molecule is Cc1ccc2cc(C#N)c(SCC(=O)c3ccc(F)cc3)nc2c1C. The first kappa shape index (κ1) is 17.1. The van der Waals surface area contributed by atoms with Crippen molar-refractivity contribution in [3.05, 3.63) is 70.5 Å². The summed E-state index contributed by atoms with van der Waals surface area (Å²) in [5.74, 6) is -0.362. The Bertz CT molecular complexity index is 1010. The third-order valence-corrected chi connectivity index (χ3v) is 5.09. The van der Waals surface area contributed by atoms with Crippen LogP contribution in [0.4, 0.5) is 4.39 Å². The number of aryl methyl sites for hydroxylation is 2. The van der Waals surface area contributed by atoms with Gasteiger partial charge in [-0.2, -0.15) is 5.26 Å². The van der Waals surface area contributed by atoms with Crippen LogP contribution in [0.15, 0.2) is 47.5 Å². The Hall–Kier alpha value is -2.71. The Morgan fingerprint density at radius 1 is 1.20 bits per heavy atom. The molecule has 0 unspecified atom stereocenters. The maximum atomic E-state index is 13.0. The van der Waals surface area contributed by atoms with Crippen LogP contribution in [0.2, 0.25) is 0 Å². The highest BCUT2D eigenvalue weighted by molar-refractivity contribution is 8.00. The zero-order valence-corrected chi connectivity index (χ0v) is 14.7. The molecule has 0 aliphatic heterocycles. The highest BCUT2D eigenvalue weighted by atomic mass is 32.2. The lowest BCUT2D eigenvalue weighted by molar-refractivity contribution is 0.102. The Morgan fingerprint density at radius 2 is 1.92 bits per heavy atom. The van der Waals surface area contributed by atoms with E-state index in [9.17, 15) is 14.4 Å². The minimum atomic E-state index is -0.377. The molecule has 0 aliphatic rings. The summed E-state index contributed by atoms with van der Waals surface area (Å²) >= 11 is 1.23. The minimum Gasteiger partial charge on any atom is -0.293 e. The lowest BCUT2D eigenvalue weighted by Crippen LogP contribution is -2.03. The van der Waals surface area contributed by atoms with Crippen molar-refractivity contribution in [1.82, 2.24) is 4.98 Å². The maximum Gasteiger partial charge on any atom is 0.173 e. The average molecular weight is 350 g/mol. The van der Waals surface area contributed by atoms with Crippen molar-refractivity contribution in [2.75, 3.05) is 5.75 Å². The molecule has 0 radical (unpaired) electrons. The van der Waals surface area contributed by atoms with Crippen LogP contribution < -0.4 is 0 Å². The molecule has 5 heteroatoms. The minimum absolute atomic E-state index is 0.128. The van der Waals surface area contributed by atoms with Crippen molar-refractivity contribution in [1.29, 1.82) is 5.26 Å². The second-order valence-corrected chi connectivity index (χ2v) is 6.71. The van der Waals surface area contributed by atoms with Gasteiger partial charge in [0.05, 0.1) is 16.8 Å². The molecule has 0 amide bonds. The zero-order chi connectivity index (χ0) is 18.0. The molecule has 0 N–H and O–H groups in total. The van der Waals surface area contributed by atoms with Crippen molar-refractivity contribution in [3.63, 3.8) is 0 Å². The molecule has 3 aromatic rings.